The predicted molar refractivity (Wildman–Crippen MR) is 54.6 cm³/mol. The number of hydrogen-bond donors (Lipinski definition) is 0. The average Bonchev–Trinajstić information content (AvgIpc) is 2.16. The standard InChI is InChI=1S/C12H11FO2/c1-9-6-10(8-11(13)7-9)4-3-5-12(14)15-2/h6-8H,5H2,1-2H3. The smallest absolute Gasteiger partial charge is 0.317 e. The van der Waals surface area contributed by atoms with Crippen LogP contribution in [-0.2, 0) is 9.53 Å². The van der Waals surface area contributed by atoms with Crippen LogP contribution in [0.25, 0.3) is 0 Å². The Hall–Kier alpha value is -1.82. The van der Waals surface area contributed by atoms with Crippen LogP contribution in [0.5, 0.6) is 0 Å². The molecule has 0 bridgehead atoms. The second-order valence-electron chi connectivity index (χ2n) is 3.07. The maximum Gasteiger partial charge on any atom is 0.317 e. The van der Waals surface area contributed by atoms with Gasteiger partial charge in [0.2, 0.25) is 0 Å². The third-order valence-electron chi connectivity index (χ3n) is 1.74. The van der Waals surface area contributed by atoms with E-state index >= 15 is 0 Å². The Balaban J connectivity index is 2.75. The number of esters is 1. The molecule has 0 amide bonds. The summed E-state index contributed by atoms with van der Waals surface area (Å²) in [5.74, 6) is 4.60. The summed E-state index contributed by atoms with van der Waals surface area (Å²) in [6.07, 6.45) is 0.0199. The van der Waals surface area contributed by atoms with Gasteiger partial charge in [0.05, 0.1) is 7.11 Å². The van der Waals surface area contributed by atoms with Crippen LogP contribution in [0.3, 0.4) is 0 Å². The lowest BCUT2D eigenvalue weighted by Gasteiger charge is -1.95. The molecule has 1 aromatic carbocycles. The zero-order valence-electron chi connectivity index (χ0n) is 8.63. The summed E-state index contributed by atoms with van der Waals surface area (Å²) >= 11 is 0. The predicted octanol–water partition coefficient (Wildman–Crippen LogP) is 2.05. The van der Waals surface area contributed by atoms with E-state index < -0.39 is 5.97 Å². The molecule has 78 valence electrons. The van der Waals surface area contributed by atoms with Gasteiger partial charge >= 0.3 is 5.97 Å². The molecule has 2 nitrogen and oxygen atoms in total. The Labute approximate surface area is 88.1 Å². The molecule has 0 spiro atoms. The van der Waals surface area contributed by atoms with Crippen molar-refractivity contribution in [1.29, 1.82) is 0 Å². The lowest BCUT2D eigenvalue weighted by molar-refractivity contribution is -0.139. The van der Waals surface area contributed by atoms with Crippen molar-refractivity contribution in [3.05, 3.63) is 35.1 Å². The van der Waals surface area contributed by atoms with E-state index in [-0.39, 0.29) is 12.2 Å². The summed E-state index contributed by atoms with van der Waals surface area (Å²) in [7, 11) is 1.30. The van der Waals surface area contributed by atoms with Crippen LogP contribution >= 0.6 is 0 Å². The van der Waals surface area contributed by atoms with E-state index in [2.05, 4.69) is 16.6 Å². The third kappa shape index (κ3) is 3.82. The summed E-state index contributed by atoms with van der Waals surface area (Å²) in [5, 5.41) is 0. The number of carbonyl (C=O) groups is 1. The largest absolute Gasteiger partial charge is 0.468 e. The Morgan fingerprint density at radius 1 is 1.47 bits per heavy atom. The summed E-state index contributed by atoms with van der Waals surface area (Å²) in [5.41, 5.74) is 1.37. The van der Waals surface area contributed by atoms with Crippen LogP contribution in [0.2, 0.25) is 0 Å². The van der Waals surface area contributed by atoms with E-state index in [9.17, 15) is 9.18 Å². The first-order valence-electron chi connectivity index (χ1n) is 4.44. The molecule has 0 saturated heterocycles. The van der Waals surface area contributed by atoms with Crippen LogP contribution in [0, 0.1) is 24.6 Å². The molecule has 0 aliphatic carbocycles. The molecule has 0 N–H and O–H groups in total. The normalized spacial score (nSPS) is 9.00. The van der Waals surface area contributed by atoms with Crippen LogP contribution in [0.15, 0.2) is 18.2 Å². The molecule has 0 heterocycles. The van der Waals surface area contributed by atoms with Crippen molar-refractivity contribution in [2.75, 3.05) is 7.11 Å². The highest BCUT2D eigenvalue weighted by Crippen LogP contribution is 2.06. The van der Waals surface area contributed by atoms with Crippen molar-refractivity contribution in [3.8, 4) is 11.8 Å². The van der Waals surface area contributed by atoms with Gasteiger partial charge in [-0.3, -0.25) is 4.79 Å². The van der Waals surface area contributed by atoms with Gasteiger partial charge in [-0.25, -0.2) is 4.39 Å². The van der Waals surface area contributed by atoms with Crippen LogP contribution < -0.4 is 0 Å². The second kappa shape index (κ2) is 5.16. The van der Waals surface area contributed by atoms with Gasteiger partial charge in [0, 0.05) is 5.56 Å². The molecular formula is C12H11FO2. The second-order valence-corrected chi connectivity index (χ2v) is 3.07. The van der Waals surface area contributed by atoms with Crippen LogP contribution in [0.1, 0.15) is 17.5 Å². The van der Waals surface area contributed by atoms with Gasteiger partial charge < -0.3 is 4.74 Å². The molecule has 0 aliphatic heterocycles. The molecule has 0 aliphatic rings. The van der Waals surface area contributed by atoms with Gasteiger partial charge in [-0.1, -0.05) is 11.8 Å². The molecule has 0 unspecified atom stereocenters. The van der Waals surface area contributed by atoms with Crippen molar-refractivity contribution in [3.63, 3.8) is 0 Å². The maximum absolute atomic E-state index is 12.9. The van der Waals surface area contributed by atoms with Gasteiger partial charge in [0.1, 0.15) is 12.2 Å². The van der Waals surface area contributed by atoms with E-state index in [0.717, 1.165) is 5.56 Å². The molecule has 1 aromatic rings. The Bertz CT molecular complexity index is 407. The molecule has 3 heteroatoms. The average molecular weight is 206 g/mol. The summed E-state index contributed by atoms with van der Waals surface area (Å²) in [4.78, 5) is 10.7. The van der Waals surface area contributed by atoms with E-state index in [1.54, 1.807) is 13.0 Å². The highest BCUT2D eigenvalue weighted by Gasteiger charge is 1.96. The van der Waals surface area contributed by atoms with Crippen LogP contribution in [0.4, 0.5) is 4.39 Å². The Kier molecular flexibility index (Phi) is 3.87. The molecule has 15 heavy (non-hydrogen) atoms. The third-order valence-corrected chi connectivity index (χ3v) is 1.74. The number of benzene rings is 1. The number of methoxy groups -OCH3 is 1. The Morgan fingerprint density at radius 2 is 2.20 bits per heavy atom. The van der Waals surface area contributed by atoms with Crippen molar-refractivity contribution in [2.24, 2.45) is 0 Å². The molecule has 0 aromatic heterocycles. The SMILES string of the molecule is COC(=O)CC#Cc1cc(C)cc(F)c1. The quantitative estimate of drug-likeness (QED) is 0.519. The number of rotatable bonds is 1. The molecule has 0 saturated carbocycles. The molecule has 0 atom stereocenters. The summed E-state index contributed by atoms with van der Waals surface area (Å²) in [6, 6.07) is 4.51. The molecule has 0 fully saturated rings. The zero-order valence-corrected chi connectivity index (χ0v) is 8.63. The first kappa shape index (κ1) is 11.3. The number of aryl methyl sites for hydroxylation is 1. The minimum Gasteiger partial charge on any atom is -0.468 e. The van der Waals surface area contributed by atoms with Gasteiger partial charge in [-0.15, -0.1) is 0 Å². The van der Waals surface area contributed by atoms with E-state index in [4.69, 9.17) is 0 Å². The lowest BCUT2D eigenvalue weighted by Crippen LogP contribution is -1.97. The summed E-state index contributed by atoms with van der Waals surface area (Å²) < 4.78 is 17.3. The Morgan fingerprint density at radius 3 is 2.80 bits per heavy atom. The lowest BCUT2D eigenvalue weighted by atomic mass is 10.1. The zero-order chi connectivity index (χ0) is 11.3. The highest BCUT2D eigenvalue weighted by molar-refractivity contribution is 5.72. The number of carbonyl (C=O) groups excluding carboxylic acids is 1. The molecule has 1 rings (SSSR count). The molecule has 0 radical (unpaired) electrons. The first-order valence-corrected chi connectivity index (χ1v) is 4.44. The number of halogens is 1. The highest BCUT2D eigenvalue weighted by atomic mass is 19.1. The van der Waals surface area contributed by atoms with E-state index in [1.165, 1.54) is 19.2 Å². The molecular weight excluding hydrogens is 195 g/mol. The van der Waals surface area contributed by atoms with Gasteiger partial charge in [0.15, 0.2) is 0 Å². The van der Waals surface area contributed by atoms with E-state index in [1.807, 2.05) is 0 Å². The fourth-order valence-electron chi connectivity index (χ4n) is 1.10. The van der Waals surface area contributed by atoms with Gasteiger partial charge in [0.25, 0.3) is 0 Å². The van der Waals surface area contributed by atoms with Gasteiger partial charge in [-0.05, 0) is 30.7 Å². The van der Waals surface area contributed by atoms with E-state index in [0.29, 0.717) is 5.56 Å². The van der Waals surface area contributed by atoms with Crippen molar-refractivity contribution in [2.45, 2.75) is 13.3 Å². The van der Waals surface area contributed by atoms with Crippen LogP contribution in [-0.4, -0.2) is 13.1 Å². The number of ether oxygens (including phenoxy) is 1. The fourth-order valence-corrected chi connectivity index (χ4v) is 1.10. The van der Waals surface area contributed by atoms with Crippen molar-refractivity contribution >= 4 is 5.97 Å². The minimum absolute atomic E-state index is 0.0199. The monoisotopic (exact) mass is 206 g/mol. The van der Waals surface area contributed by atoms with Crippen molar-refractivity contribution < 1.29 is 13.9 Å². The summed E-state index contributed by atoms with van der Waals surface area (Å²) in [6.45, 7) is 1.79. The van der Waals surface area contributed by atoms with Gasteiger partial charge in [-0.2, -0.15) is 0 Å². The first-order chi connectivity index (χ1) is 7.11. The topological polar surface area (TPSA) is 26.3 Å². The minimum atomic E-state index is -0.393. The fraction of sp³-hybridized carbons (Fsp3) is 0.250. The van der Waals surface area contributed by atoms with Crippen molar-refractivity contribution in [1.82, 2.24) is 0 Å². The maximum atomic E-state index is 12.9. The number of hydrogen-bond acceptors (Lipinski definition) is 2.